The van der Waals surface area contributed by atoms with E-state index in [1.807, 2.05) is 13.8 Å². The quantitative estimate of drug-likeness (QED) is 0.608. The van der Waals surface area contributed by atoms with E-state index in [0.717, 1.165) is 0 Å². The van der Waals surface area contributed by atoms with Gasteiger partial charge in [0.25, 0.3) is 0 Å². The van der Waals surface area contributed by atoms with Gasteiger partial charge in [-0.15, -0.1) is 13.2 Å². The summed E-state index contributed by atoms with van der Waals surface area (Å²) < 4.78 is 46.0. The van der Waals surface area contributed by atoms with E-state index in [1.165, 1.54) is 18.2 Å². The lowest BCUT2D eigenvalue weighted by atomic mass is 9.88. The van der Waals surface area contributed by atoms with Crippen LogP contribution in [-0.4, -0.2) is 18.0 Å². The number of hydrogen-bond acceptors (Lipinski definition) is 3. The lowest BCUT2D eigenvalue weighted by Gasteiger charge is -2.22. The van der Waals surface area contributed by atoms with Crippen molar-refractivity contribution < 1.29 is 22.6 Å². The molecule has 7 heteroatoms. The third kappa shape index (κ3) is 6.20. The molecule has 0 spiro atoms. The zero-order valence-electron chi connectivity index (χ0n) is 11.9. The molecule has 21 heavy (non-hydrogen) atoms. The smallest absolute Gasteiger partial charge is 0.490 e. The normalized spacial score (nSPS) is 12.0. The summed E-state index contributed by atoms with van der Waals surface area (Å²) in [6.45, 7) is 4.08. The van der Waals surface area contributed by atoms with Crippen LogP contribution in [0.1, 0.15) is 26.7 Å². The molecule has 1 rings (SSSR count). The molecule has 0 atom stereocenters. The topological polar surface area (TPSA) is 44.5 Å². The van der Waals surface area contributed by atoms with Crippen molar-refractivity contribution in [3.63, 3.8) is 0 Å². The minimum atomic E-state index is -4.74. The van der Waals surface area contributed by atoms with Crippen molar-refractivity contribution in [2.75, 3.05) is 6.61 Å². The zero-order valence-corrected chi connectivity index (χ0v) is 12.7. The van der Waals surface area contributed by atoms with Gasteiger partial charge >= 0.3 is 6.36 Å². The summed E-state index contributed by atoms with van der Waals surface area (Å²) in [5.74, 6) is -0.290. The highest BCUT2D eigenvalue weighted by Crippen LogP contribution is 2.32. The summed E-state index contributed by atoms with van der Waals surface area (Å²) in [4.78, 5) is 0.406. The second-order valence-corrected chi connectivity index (χ2v) is 5.63. The second-order valence-electron chi connectivity index (χ2n) is 5.19. The maximum absolute atomic E-state index is 12.2. The van der Waals surface area contributed by atoms with Gasteiger partial charge in [0.15, 0.2) is 11.5 Å². The van der Waals surface area contributed by atoms with Crippen LogP contribution in [0.4, 0.5) is 13.2 Å². The fourth-order valence-electron chi connectivity index (χ4n) is 1.60. The predicted octanol–water partition coefficient (Wildman–Crippen LogP) is 4.06. The lowest BCUT2D eigenvalue weighted by molar-refractivity contribution is -0.275. The van der Waals surface area contributed by atoms with Gasteiger partial charge in [0.1, 0.15) is 0 Å². The molecule has 0 radical (unpaired) electrons. The molecule has 0 unspecified atom stereocenters. The summed E-state index contributed by atoms with van der Waals surface area (Å²) in [6, 6.07) is 5.67. The number of nitrogens with two attached hydrogens (primary N) is 1. The maximum atomic E-state index is 12.2. The summed E-state index contributed by atoms with van der Waals surface area (Å²) in [7, 11) is 0. The molecule has 118 valence electrons. The Hall–Kier alpha value is -1.50. The molecule has 0 fully saturated rings. The SMILES string of the molecule is CC(C)(CCCOc1ccccc1OC(F)(F)F)C(N)=S. The first-order valence-electron chi connectivity index (χ1n) is 6.39. The summed E-state index contributed by atoms with van der Waals surface area (Å²) in [6.07, 6.45) is -3.44. The Morgan fingerprint density at radius 1 is 1.19 bits per heavy atom. The van der Waals surface area contributed by atoms with Crippen LogP contribution >= 0.6 is 12.2 Å². The molecular weight excluding hydrogens is 303 g/mol. The Bertz CT molecular complexity index is 489. The molecule has 0 aliphatic rings. The molecule has 0 aliphatic carbocycles. The molecule has 0 heterocycles. The van der Waals surface area contributed by atoms with Gasteiger partial charge in [0.2, 0.25) is 0 Å². The molecule has 2 N–H and O–H groups in total. The van der Waals surface area contributed by atoms with Gasteiger partial charge in [-0.25, -0.2) is 0 Å². The van der Waals surface area contributed by atoms with Crippen LogP contribution in [0.5, 0.6) is 11.5 Å². The highest BCUT2D eigenvalue weighted by Gasteiger charge is 2.32. The maximum Gasteiger partial charge on any atom is 0.573 e. The number of benzene rings is 1. The van der Waals surface area contributed by atoms with Crippen LogP contribution in [-0.2, 0) is 0 Å². The van der Waals surface area contributed by atoms with Gasteiger partial charge in [-0.1, -0.05) is 38.2 Å². The van der Waals surface area contributed by atoms with Crippen LogP contribution in [0, 0.1) is 5.41 Å². The van der Waals surface area contributed by atoms with E-state index in [2.05, 4.69) is 4.74 Å². The fourth-order valence-corrected chi connectivity index (χ4v) is 1.70. The molecule has 0 aliphatic heterocycles. The van der Waals surface area contributed by atoms with Crippen molar-refractivity contribution >= 4 is 17.2 Å². The fraction of sp³-hybridized carbons (Fsp3) is 0.500. The Kier molecular flexibility index (Phi) is 5.83. The molecule has 0 amide bonds. The molecule has 0 aromatic heterocycles. The first-order chi connectivity index (χ1) is 9.62. The Balaban J connectivity index is 2.55. The van der Waals surface area contributed by atoms with Gasteiger partial charge in [-0.2, -0.15) is 0 Å². The van der Waals surface area contributed by atoms with E-state index in [1.54, 1.807) is 6.07 Å². The van der Waals surface area contributed by atoms with Crippen LogP contribution in [0.15, 0.2) is 24.3 Å². The van der Waals surface area contributed by atoms with Gasteiger partial charge in [-0.3, -0.25) is 0 Å². The summed E-state index contributed by atoms with van der Waals surface area (Å²) >= 11 is 4.95. The van der Waals surface area contributed by atoms with Gasteiger partial charge < -0.3 is 15.2 Å². The minimum absolute atomic E-state index is 0.0583. The van der Waals surface area contributed by atoms with Gasteiger partial charge in [-0.05, 0) is 25.0 Å². The summed E-state index contributed by atoms with van der Waals surface area (Å²) in [5.41, 5.74) is 5.30. The van der Waals surface area contributed by atoms with Crippen molar-refractivity contribution in [1.29, 1.82) is 0 Å². The Morgan fingerprint density at radius 3 is 2.29 bits per heavy atom. The molecule has 0 saturated carbocycles. The van der Waals surface area contributed by atoms with Crippen LogP contribution in [0.2, 0.25) is 0 Å². The van der Waals surface area contributed by atoms with E-state index >= 15 is 0 Å². The summed E-state index contributed by atoms with van der Waals surface area (Å²) in [5, 5.41) is 0. The number of alkyl halides is 3. The highest BCUT2D eigenvalue weighted by atomic mass is 32.1. The number of rotatable bonds is 7. The van der Waals surface area contributed by atoms with Crippen molar-refractivity contribution in [3.8, 4) is 11.5 Å². The van der Waals surface area contributed by atoms with Crippen LogP contribution < -0.4 is 15.2 Å². The van der Waals surface area contributed by atoms with E-state index in [-0.39, 0.29) is 23.5 Å². The third-order valence-corrected chi connectivity index (χ3v) is 3.50. The van der Waals surface area contributed by atoms with Crippen molar-refractivity contribution in [3.05, 3.63) is 24.3 Å². The molecule has 1 aromatic rings. The molecule has 0 saturated heterocycles. The largest absolute Gasteiger partial charge is 0.573 e. The minimum Gasteiger partial charge on any atom is -0.490 e. The molecular formula is C14H18F3NO2S. The van der Waals surface area contributed by atoms with Crippen LogP contribution in [0.25, 0.3) is 0 Å². The van der Waals surface area contributed by atoms with Gasteiger partial charge in [0.05, 0.1) is 11.6 Å². The highest BCUT2D eigenvalue weighted by molar-refractivity contribution is 7.80. The average molecular weight is 321 g/mol. The van der Waals surface area contributed by atoms with E-state index in [0.29, 0.717) is 17.8 Å². The molecule has 3 nitrogen and oxygen atoms in total. The monoisotopic (exact) mass is 321 g/mol. The zero-order chi connectivity index (χ0) is 16.1. The number of thiocarbonyl (C=S) groups is 1. The van der Waals surface area contributed by atoms with E-state index in [9.17, 15) is 13.2 Å². The lowest BCUT2D eigenvalue weighted by Crippen LogP contribution is -2.30. The van der Waals surface area contributed by atoms with Crippen molar-refractivity contribution in [2.45, 2.75) is 33.1 Å². The number of hydrogen-bond donors (Lipinski definition) is 1. The first-order valence-corrected chi connectivity index (χ1v) is 6.80. The Morgan fingerprint density at radius 2 is 1.76 bits per heavy atom. The predicted molar refractivity (Wildman–Crippen MR) is 78.4 cm³/mol. The third-order valence-electron chi connectivity index (χ3n) is 2.95. The van der Waals surface area contributed by atoms with Crippen molar-refractivity contribution in [1.82, 2.24) is 0 Å². The van der Waals surface area contributed by atoms with Gasteiger partial charge in [0, 0.05) is 5.41 Å². The van der Waals surface area contributed by atoms with E-state index < -0.39 is 6.36 Å². The number of ether oxygens (including phenoxy) is 2. The standard InChI is InChI=1S/C14H18F3NO2S/c1-13(2,12(18)21)8-5-9-19-10-6-3-4-7-11(10)20-14(15,16)17/h3-4,6-7H,5,8-9H2,1-2H3,(H2,18,21). The number of halogens is 3. The Labute approximate surface area is 127 Å². The van der Waals surface area contributed by atoms with Crippen LogP contribution in [0.3, 0.4) is 0 Å². The molecule has 0 bridgehead atoms. The second kappa shape index (κ2) is 6.98. The average Bonchev–Trinajstić information content (AvgIpc) is 2.34. The van der Waals surface area contributed by atoms with Crippen molar-refractivity contribution in [2.24, 2.45) is 11.1 Å². The number of para-hydroxylation sites is 2. The first kappa shape index (κ1) is 17.6. The molecule has 1 aromatic carbocycles. The van der Waals surface area contributed by atoms with E-state index in [4.69, 9.17) is 22.7 Å².